The highest BCUT2D eigenvalue weighted by Crippen LogP contribution is 2.29. The van der Waals surface area contributed by atoms with Crippen LogP contribution in [0.25, 0.3) is 10.2 Å². The van der Waals surface area contributed by atoms with Crippen LogP contribution in [-0.2, 0) is 29.4 Å². The molecule has 0 radical (unpaired) electrons. The number of para-hydroxylation sites is 1. The molecule has 1 aliphatic heterocycles. The maximum Gasteiger partial charge on any atom is 0.283 e. The molecule has 58 heavy (non-hydrogen) atoms. The van der Waals surface area contributed by atoms with Gasteiger partial charge in [-0.15, -0.1) is 0 Å². The first kappa shape index (κ1) is 41.8. The first-order chi connectivity index (χ1) is 27.6. The van der Waals surface area contributed by atoms with E-state index in [0.717, 1.165) is 45.6 Å². The minimum Gasteiger partial charge on any atom is -0.493 e. The Labute approximate surface area is 340 Å². The number of hydrogen-bond acceptors (Lipinski definition) is 12. The zero-order chi connectivity index (χ0) is 39.9. The number of ether oxygens (including phenoxy) is 1. The molecule has 15 nitrogen and oxygen atoms in total. The molecule has 0 saturated heterocycles. The lowest BCUT2D eigenvalue weighted by molar-refractivity contribution is -0.826. The van der Waals surface area contributed by atoms with Gasteiger partial charge in [0, 0.05) is 36.5 Å². The zero-order valence-corrected chi connectivity index (χ0v) is 33.6. The number of rotatable bonds is 15. The van der Waals surface area contributed by atoms with Crippen LogP contribution < -0.4 is 25.2 Å². The van der Waals surface area contributed by atoms with Crippen molar-refractivity contribution in [2.45, 2.75) is 30.7 Å². The summed E-state index contributed by atoms with van der Waals surface area (Å²) in [6.07, 6.45) is 5.31. The number of amides is 2. The third-order valence-electron chi connectivity index (χ3n) is 9.73. The minimum atomic E-state index is -4.35. The van der Waals surface area contributed by atoms with Gasteiger partial charge in [0.05, 0.1) is 22.4 Å². The van der Waals surface area contributed by atoms with Gasteiger partial charge in [0.15, 0.2) is 10.8 Å². The number of nitrogens with one attached hydrogen (secondary N) is 2. The van der Waals surface area contributed by atoms with Crippen molar-refractivity contribution < 1.29 is 38.9 Å². The predicted molar refractivity (Wildman–Crippen MR) is 221 cm³/mol. The summed E-state index contributed by atoms with van der Waals surface area (Å²) in [5.74, 6) is 0.102. The maximum atomic E-state index is 13.5. The Morgan fingerprint density at radius 1 is 1.00 bits per heavy atom. The number of aromatic nitrogens is 3. The number of thiazole rings is 1. The monoisotopic (exact) mass is 825 g/mol. The number of nitrogens with zero attached hydrogens (tertiary/aromatic N) is 5. The molecule has 0 spiro atoms. The Balaban J connectivity index is 0.00000567. The van der Waals surface area contributed by atoms with Crippen molar-refractivity contribution in [2.75, 3.05) is 44.0 Å². The molecule has 7 rings (SSSR count). The molecule has 3 aromatic heterocycles. The molecule has 0 unspecified atom stereocenters. The zero-order valence-electron chi connectivity index (χ0n) is 32.0. The van der Waals surface area contributed by atoms with Crippen LogP contribution in [0.1, 0.15) is 44.0 Å². The van der Waals surface area contributed by atoms with E-state index in [9.17, 15) is 23.2 Å². The third kappa shape index (κ3) is 10.00. The number of pyridine rings is 2. The summed E-state index contributed by atoms with van der Waals surface area (Å²) >= 11 is 1.37. The van der Waals surface area contributed by atoms with E-state index in [-0.39, 0.29) is 27.9 Å². The minimum absolute atomic E-state index is 0. The summed E-state index contributed by atoms with van der Waals surface area (Å²) in [6.45, 7) is 2.18. The van der Waals surface area contributed by atoms with Gasteiger partial charge in [-0.05, 0) is 99.4 Å². The van der Waals surface area contributed by atoms with Gasteiger partial charge >= 0.3 is 0 Å². The molecular weight excluding hydrogens is 781 g/mol. The van der Waals surface area contributed by atoms with E-state index in [1.54, 1.807) is 36.7 Å². The molecule has 1 atom stereocenters. The Hall–Kier alpha value is -5.82. The summed E-state index contributed by atoms with van der Waals surface area (Å²) in [7, 11) is -0.353. The maximum absolute atomic E-state index is 13.5. The van der Waals surface area contributed by atoms with Crippen LogP contribution in [0.5, 0.6) is 5.75 Å². The molecule has 0 fully saturated rings. The standard InChI is InChI=1S/C41H42N8O6S2.H2O/c1-48(2)20-17-27(26-55-30-9-4-3-5-10-30)22-29-14-15-31(23-35(29)46-52)57(53,54)47-40(51)34-12-7-13-38(43-34)49-21-18-28-8-6-11-32(33(28)25-49)39(50)45-41-44-36-24-42-19-16-37(36)56-41;/h3-16,19,23-24,27,46,52H,17-18,20-22,25-26H2,1-2H3,(H,47,51)(H,44,45,50);1H2/p+1/t27-;/m0./s1. The van der Waals surface area contributed by atoms with E-state index in [1.807, 2.05) is 67.5 Å². The van der Waals surface area contributed by atoms with Crippen LogP contribution in [0, 0.1) is 5.92 Å². The first-order valence-corrected chi connectivity index (χ1v) is 20.7. The molecule has 3 aromatic carbocycles. The number of anilines is 2. The molecule has 4 heterocycles. The summed E-state index contributed by atoms with van der Waals surface area (Å²) in [6, 6.07) is 26.3. The van der Waals surface area contributed by atoms with Gasteiger partial charge in [-0.2, -0.15) is 5.48 Å². The number of quaternary nitrogens is 1. The van der Waals surface area contributed by atoms with Crippen LogP contribution in [-0.4, -0.2) is 84.6 Å². The average Bonchev–Trinajstić information content (AvgIpc) is 3.64. The van der Waals surface area contributed by atoms with Crippen LogP contribution in [0.15, 0.2) is 108 Å². The quantitative estimate of drug-likeness (QED) is 0.0859. The normalized spacial score (nSPS) is 13.1. The number of carbonyl (C=O) groups is 2. The number of hydrogen-bond donors (Lipinski definition) is 4. The molecule has 302 valence electrons. The van der Waals surface area contributed by atoms with Crippen molar-refractivity contribution in [1.29, 1.82) is 0 Å². The van der Waals surface area contributed by atoms with Crippen LogP contribution in [0.3, 0.4) is 0 Å². The van der Waals surface area contributed by atoms with Crippen LogP contribution in [0.2, 0.25) is 0 Å². The lowest BCUT2D eigenvalue weighted by Crippen LogP contribution is -2.74. The molecule has 6 aromatic rings. The number of sulfonamides is 1. The van der Waals surface area contributed by atoms with Crippen molar-refractivity contribution in [1.82, 2.24) is 24.6 Å². The molecular formula is C41H45N8O7S2+. The summed E-state index contributed by atoms with van der Waals surface area (Å²) in [5, 5.41) is 13.6. The van der Waals surface area contributed by atoms with E-state index < -0.39 is 15.9 Å². The Bertz CT molecular complexity index is 2470. The topological polar surface area (TPSA) is 215 Å². The number of nitrogens with two attached hydrogens (primary N) is 1. The number of benzene rings is 3. The molecule has 2 amide bonds. The van der Waals surface area contributed by atoms with Crippen LogP contribution in [0.4, 0.5) is 16.6 Å². The first-order valence-electron chi connectivity index (χ1n) is 18.4. The fraction of sp³-hybridized carbons (Fsp3) is 0.244. The Morgan fingerprint density at radius 2 is 1.81 bits per heavy atom. The average molecular weight is 826 g/mol. The lowest BCUT2D eigenvalue weighted by Gasteiger charge is -2.31. The van der Waals surface area contributed by atoms with Gasteiger partial charge < -0.3 is 20.0 Å². The van der Waals surface area contributed by atoms with E-state index in [1.165, 1.54) is 29.5 Å². The van der Waals surface area contributed by atoms with Gasteiger partial charge in [-0.1, -0.05) is 53.8 Å². The predicted octanol–water partition coefficient (Wildman–Crippen LogP) is 3.97. The van der Waals surface area contributed by atoms with Crippen molar-refractivity contribution >= 4 is 60.0 Å². The molecule has 0 aliphatic carbocycles. The second-order valence-electron chi connectivity index (χ2n) is 14.0. The highest BCUT2D eigenvalue weighted by molar-refractivity contribution is 7.90. The summed E-state index contributed by atoms with van der Waals surface area (Å²) in [5.41, 5.74) is 4.93. The number of fused-ring (bicyclic) bond motifs is 2. The van der Waals surface area contributed by atoms with Gasteiger partial charge in [0.25, 0.3) is 21.8 Å². The van der Waals surface area contributed by atoms with E-state index >= 15 is 0 Å². The summed E-state index contributed by atoms with van der Waals surface area (Å²) < 4.78 is 36.2. The molecule has 0 bridgehead atoms. The van der Waals surface area contributed by atoms with Gasteiger partial charge in [0.1, 0.15) is 22.8 Å². The van der Waals surface area contributed by atoms with Crippen molar-refractivity contribution in [3.05, 3.63) is 131 Å². The molecule has 7 N–H and O–H groups in total. The SMILES string of the molecule is CN(C)CC[C@H](COc1ccccc1)Cc1ccc(S(=O)(=O)NC(=O)c2cccc(N3CCc4cccc(C(=O)Nc5nc6cnccc6s5)c4C3)n2)cc1[NH2+]O.O. The van der Waals surface area contributed by atoms with Crippen molar-refractivity contribution in [3.8, 4) is 5.75 Å². The summed E-state index contributed by atoms with van der Waals surface area (Å²) in [4.78, 5) is 43.9. The van der Waals surface area contributed by atoms with E-state index in [0.29, 0.717) is 60.3 Å². The second kappa shape index (κ2) is 18.6. The largest absolute Gasteiger partial charge is 0.493 e. The molecule has 0 saturated carbocycles. The highest BCUT2D eigenvalue weighted by Gasteiger charge is 2.26. The Morgan fingerprint density at radius 3 is 2.59 bits per heavy atom. The van der Waals surface area contributed by atoms with Crippen molar-refractivity contribution in [3.63, 3.8) is 0 Å². The Kier molecular flexibility index (Phi) is 13.4. The van der Waals surface area contributed by atoms with E-state index in [2.05, 4.69) is 29.9 Å². The van der Waals surface area contributed by atoms with Gasteiger partial charge in [-0.3, -0.25) is 19.9 Å². The van der Waals surface area contributed by atoms with Gasteiger partial charge in [0.2, 0.25) is 0 Å². The molecule has 17 heteroatoms. The second-order valence-corrected chi connectivity index (χ2v) is 16.7. The fourth-order valence-corrected chi connectivity index (χ4v) is 8.54. The lowest BCUT2D eigenvalue weighted by atomic mass is 9.94. The van der Waals surface area contributed by atoms with Crippen molar-refractivity contribution in [2.24, 2.45) is 5.92 Å². The third-order valence-corrected chi connectivity index (χ3v) is 12.0. The number of carbonyl (C=O) groups excluding carboxylic acids is 2. The fourth-order valence-electron chi connectivity index (χ4n) is 6.72. The molecule has 1 aliphatic rings. The van der Waals surface area contributed by atoms with Gasteiger partial charge in [-0.25, -0.2) is 28.3 Å². The highest BCUT2D eigenvalue weighted by atomic mass is 32.2. The van der Waals surface area contributed by atoms with E-state index in [4.69, 9.17) is 4.74 Å². The van der Waals surface area contributed by atoms with Crippen LogP contribution >= 0.6 is 11.3 Å². The smallest absolute Gasteiger partial charge is 0.283 e.